The fourth-order valence-corrected chi connectivity index (χ4v) is 3.53. The molecule has 23 heavy (non-hydrogen) atoms. The molecule has 1 aliphatic rings. The van der Waals surface area contributed by atoms with Gasteiger partial charge in [-0.3, -0.25) is 0 Å². The Labute approximate surface area is 142 Å². The third-order valence-corrected chi connectivity index (χ3v) is 4.74. The van der Waals surface area contributed by atoms with Crippen LogP contribution in [0.5, 0.6) is 0 Å². The van der Waals surface area contributed by atoms with E-state index in [-0.39, 0.29) is 6.03 Å². The Kier molecular flexibility index (Phi) is 3.58. The number of urea groups is 1. The van der Waals surface area contributed by atoms with E-state index in [2.05, 4.69) is 44.4 Å². The monoisotopic (exact) mass is 369 g/mol. The molecule has 1 aromatic heterocycles. The lowest BCUT2D eigenvalue weighted by molar-refractivity contribution is 0.206. The van der Waals surface area contributed by atoms with Crippen LogP contribution in [-0.2, 0) is 13.0 Å². The number of para-hydroxylation sites is 1. The number of nitrogens with zero attached hydrogens (tertiary/aromatic N) is 1. The number of benzene rings is 2. The molecule has 0 saturated carbocycles. The highest BCUT2D eigenvalue weighted by atomic mass is 79.9. The summed E-state index contributed by atoms with van der Waals surface area (Å²) in [7, 11) is 0. The molecular weight excluding hydrogens is 354 g/mol. The van der Waals surface area contributed by atoms with Crippen LogP contribution in [0.4, 0.5) is 10.5 Å². The highest BCUT2D eigenvalue weighted by molar-refractivity contribution is 9.10. The van der Waals surface area contributed by atoms with Crippen molar-refractivity contribution in [1.29, 1.82) is 0 Å². The van der Waals surface area contributed by atoms with Gasteiger partial charge < -0.3 is 15.2 Å². The Bertz CT molecular complexity index is 887. The van der Waals surface area contributed by atoms with Gasteiger partial charge in [-0.05, 0) is 36.2 Å². The highest BCUT2D eigenvalue weighted by Gasteiger charge is 2.23. The molecule has 0 spiro atoms. The SMILES string of the molecule is O=C(Nc1cccc(Br)c1)N1CCc2c([nH]c3ccccc23)C1. The number of carbonyl (C=O) groups is 1. The number of H-pyrrole nitrogens is 1. The molecule has 2 heterocycles. The smallest absolute Gasteiger partial charge is 0.322 e. The summed E-state index contributed by atoms with van der Waals surface area (Å²) in [6, 6.07) is 15.9. The number of nitrogens with one attached hydrogen (secondary N) is 2. The number of aromatic nitrogens is 1. The largest absolute Gasteiger partial charge is 0.357 e. The van der Waals surface area contributed by atoms with E-state index in [4.69, 9.17) is 0 Å². The first-order valence-electron chi connectivity index (χ1n) is 7.60. The first-order chi connectivity index (χ1) is 11.2. The average Bonchev–Trinajstić information content (AvgIpc) is 2.92. The van der Waals surface area contributed by atoms with Crippen molar-refractivity contribution in [1.82, 2.24) is 9.88 Å². The summed E-state index contributed by atoms with van der Waals surface area (Å²) in [5.41, 5.74) is 4.42. The molecule has 116 valence electrons. The Balaban J connectivity index is 1.54. The molecule has 0 aliphatic carbocycles. The minimum atomic E-state index is -0.0626. The Morgan fingerprint density at radius 3 is 2.91 bits per heavy atom. The van der Waals surface area contributed by atoms with Crippen molar-refractivity contribution in [2.75, 3.05) is 11.9 Å². The van der Waals surface area contributed by atoms with Gasteiger partial charge in [-0.25, -0.2) is 4.79 Å². The van der Waals surface area contributed by atoms with Gasteiger partial charge in [-0.2, -0.15) is 0 Å². The molecule has 0 saturated heterocycles. The van der Waals surface area contributed by atoms with Crippen molar-refractivity contribution >= 4 is 38.6 Å². The zero-order valence-electron chi connectivity index (χ0n) is 12.5. The Morgan fingerprint density at radius 2 is 2.04 bits per heavy atom. The van der Waals surface area contributed by atoms with Crippen LogP contribution < -0.4 is 5.32 Å². The Morgan fingerprint density at radius 1 is 1.17 bits per heavy atom. The van der Waals surface area contributed by atoms with Crippen LogP contribution in [0.1, 0.15) is 11.3 Å². The number of anilines is 1. The summed E-state index contributed by atoms with van der Waals surface area (Å²) in [6.45, 7) is 1.35. The van der Waals surface area contributed by atoms with Crippen LogP contribution >= 0.6 is 15.9 Å². The van der Waals surface area contributed by atoms with Gasteiger partial charge >= 0.3 is 6.03 Å². The molecule has 5 heteroatoms. The second-order valence-electron chi connectivity index (χ2n) is 5.74. The number of hydrogen-bond acceptors (Lipinski definition) is 1. The standard InChI is InChI=1S/C18H16BrN3O/c19-12-4-3-5-13(10-12)20-18(23)22-9-8-15-14-6-1-2-7-16(14)21-17(15)11-22/h1-7,10,21H,8-9,11H2,(H,20,23). The van der Waals surface area contributed by atoms with Crippen LogP contribution in [0, 0.1) is 0 Å². The topological polar surface area (TPSA) is 48.1 Å². The van der Waals surface area contributed by atoms with Gasteiger partial charge in [0.2, 0.25) is 0 Å². The first-order valence-corrected chi connectivity index (χ1v) is 8.40. The molecule has 0 bridgehead atoms. The zero-order chi connectivity index (χ0) is 15.8. The number of carbonyl (C=O) groups excluding carboxylic acids is 1. The highest BCUT2D eigenvalue weighted by Crippen LogP contribution is 2.27. The van der Waals surface area contributed by atoms with E-state index in [0.29, 0.717) is 6.54 Å². The number of halogens is 1. The molecule has 1 aliphatic heterocycles. The molecule has 2 amide bonds. The quantitative estimate of drug-likeness (QED) is 0.650. The third-order valence-electron chi connectivity index (χ3n) is 4.25. The number of hydrogen-bond donors (Lipinski definition) is 2. The van der Waals surface area contributed by atoms with Gasteiger partial charge in [0.15, 0.2) is 0 Å². The maximum absolute atomic E-state index is 12.5. The van der Waals surface area contributed by atoms with Gasteiger partial charge in [-0.1, -0.05) is 40.2 Å². The van der Waals surface area contributed by atoms with Crippen LogP contribution in [0.15, 0.2) is 53.0 Å². The predicted octanol–water partition coefficient (Wildman–Crippen LogP) is 4.52. The number of aromatic amines is 1. The summed E-state index contributed by atoms with van der Waals surface area (Å²) >= 11 is 3.42. The molecule has 4 nitrogen and oxygen atoms in total. The van der Waals surface area contributed by atoms with Crippen molar-refractivity contribution < 1.29 is 4.79 Å². The summed E-state index contributed by atoms with van der Waals surface area (Å²) in [4.78, 5) is 17.8. The summed E-state index contributed by atoms with van der Waals surface area (Å²) in [6.07, 6.45) is 0.880. The third kappa shape index (κ3) is 2.72. The average molecular weight is 370 g/mol. The van der Waals surface area contributed by atoms with Gasteiger partial charge in [0.05, 0.1) is 6.54 Å². The molecule has 0 fully saturated rings. The minimum absolute atomic E-state index is 0.0626. The molecule has 0 unspecified atom stereocenters. The number of rotatable bonds is 1. The van der Waals surface area contributed by atoms with E-state index < -0.39 is 0 Å². The lowest BCUT2D eigenvalue weighted by atomic mass is 10.0. The summed E-state index contributed by atoms with van der Waals surface area (Å²) < 4.78 is 0.951. The van der Waals surface area contributed by atoms with Crippen LogP contribution in [-0.4, -0.2) is 22.5 Å². The van der Waals surface area contributed by atoms with Gasteiger partial charge in [0, 0.05) is 33.3 Å². The van der Waals surface area contributed by atoms with Crippen LogP contribution in [0.2, 0.25) is 0 Å². The van der Waals surface area contributed by atoms with Crippen molar-refractivity contribution in [3.05, 3.63) is 64.3 Å². The number of fused-ring (bicyclic) bond motifs is 3. The predicted molar refractivity (Wildman–Crippen MR) is 95.6 cm³/mol. The lowest BCUT2D eigenvalue weighted by Gasteiger charge is -2.27. The van der Waals surface area contributed by atoms with Crippen molar-refractivity contribution in [3.63, 3.8) is 0 Å². The van der Waals surface area contributed by atoms with E-state index in [1.54, 1.807) is 0 Å². The fourth-order valence-electron chi connectivity index (χ4n) is 3.14. The number of amides is 2. The molecule has 0 radical (unpaired) electrons. The first kappa shape index (κ1) is 14.3. The van der Waals surface area contributed by atoms with Gasteiger partial charge in [0.25, 0.3) is 0 Å². The zero-order valence-corrected chi connectivity index (χ0v) is 14.1. The van der Waals surface area contributed by atoms with E-state index in [1.165, 1.54) is 10.9 Å². The molecule has 2 aromatic carbocycles. The summed E-state index contributed by atoms with van der Waals surface area (Å²) in [5, 5.41) is 4.23. The molecule has 4 rings (SSSR count). The van der Waals surface area contributed by atoms with Gasteiger partial charge in [-0.15, -0.1) is 0 Å². The normalized spacial score (nSPS) is 13.9. The lowest BCUT2D eigenvalue weighted by Crippen LogP contribution is -2.38. The fraction of sp³-hybridized carbons (Fsp3) is 0.167. The Hall–Kier alpha value is -2.27. The molecular formula is C18H16BrN3O. The molecule has 2 N–H and O–H groups in total. The molecule has 0 atom stereocenters. The second kappa shape index (κ2) is 5.74. The van der Waals surface area contributed by atoms with Crippen molar-refractivity contribution in [2.45, 2.75) is 13.0 Å². The molecule has 3 aromatic rings. The van der Waals surface area contributed by atoms with Crippen molar-refractivity contribution in [3.8, 4) is 0 Å². The van der Waals surface area contributed by atoms with Gasteiger partial charge in [0.1, 0.15) is 0 Å². The minimum Gasteiger partial charge on any atom is -0.357 e. The van der Waals surface area contributed by atoms with E-state index >= 15 is 0 Å². The van der Waals surface area contributed by atoms with E-state index in [1.807, 2.05) is 35.2 Å². The van der Waals surface area contributed by atoms with Crippen LogP contribution in [0.3, 0.4) is 0 Å². The summed E-state index contributed by atoms with van der Waals surface area (Å²) in [5.74, 6) is 0. The van der Waals surface area contributed by atoms with E-state index in [9.17, 15) is 4.79 Å². The maximum atomic E-state index is 12.5. The van der Waals surface area contributed by atoms with Crippen LogP contribution in [0.25, 0.3) is 10.9 Å². The maximum Gasteiger partial charge on any atom is 0.322 e. The second-order valence-corrected chi connectivity index (χ2v) is 6.66. The van der Waals surface area contributed by atoms with E-state index in [0.717, 1.165) is 34.3 Å². The van der Waals surface area contributed by atoms with Crippen molar-refractivity contribution in [2.24, 2.45) is 0 Å².